The molecule has 0 saturated carbocycles. The minimum atomic E-state index is -0.916. The normalized spacial score (nSPS) is 15.5. The number of likely N-dealkylation sites (N-methyl/N-ethyl adjacent to an activating group) is 1. The van der Waals surface area contributed by atoms with Crippen molar-refractivity contribution in [2.45, 2.75) is 13.0 Å². The Labute approximate surface area is 115 Å². The number of carboxylic acids is 1. The minimum absolute atomic E-state index is 0.342. The lowest BCUT2D eigenvalue weighted by Crippen LogP contribution is -2.29. The standard InChI is InChI=1S/C14H13ClN2O2/c1-17-6-5-11-9(7-17)12(14(18)19)8-3-2-4-10(15)13(8)16-11/h2-4H,5-7H2,1H3,(H,18,19). The van der Waals surface area contributed by atoms with Crippen molar-refractivity contribution >= 4 is 28.5 Å². The Hall–Kier alpha value is -1.65. The van der Waals surface area contributed by atoms with Gasteiger partial charge in [-0.25, -0.2) is 4.79 Å². The maximum atomic E-state index is 11.6. The molecule has 1 aliphatic heterocycles. The second-order valence-electron chi connectivity index (χ2n) is 4.84. The molecule has 98 valence electrons. The van der Waals surface area contributed by atoms with Crippen molar-refractivity contribution in [3.8, 4) is 0 Å². The summed E-state index contributed by atoms with van der Waals surface area (Å²) in [4.78, 5) is 18.3. The highest BCUT2D eigenvalue weighted by Gasteiger charge is 2.24. The van der Waals surface area contributed by atoms with E-state index in [1.165, 1.54) is 0 Å². The van der Waals surface area contributed by atoms with Gasteiger partial charge in [0, 0.05) is 36.2 Å². The van der Waals surface area contributed by atoms with Gasteiger partial charge in [-0.05, 0) is 13.1 Å². The van der Waals surface area contributed by atoms with Gasteiger partial charge in [0.2, 0.25) is 0 Å². The number of nitrogens with zero attached hydrogens (tertiary/aromatic N) is 2. The van der Waals surface area contributed by atoms with E-state index in [0.717, 1.165) is 24.2 Å². The lowest BCUT2D eigenvalue weighted by molar-refractivity contribution is 0.0696. The van der Waals surface area contributed by atoms with Crippen LogP contribution in [0.15, 0.2) is 18.2 Å². The van der Waals surface area contributed by atoms with Gasteiger partial charge in [0.05, 0.1) is 16.1 Å². The fourth-order valence-electron chi connectivity index (χ4n) is 2.61. The Morgan fingerprint density at radius 1 is 1.47 bits per heavy atom. The summed E-state index contributed by atoms with van der Waals surface area (Å²) in [5.74, 6) is -0.916. The number of halogens is 1. The highest BCUT2D eigenvalue weighted by molar-refractivity contribution is 6.35. The quantitative estimate of drug-likeness (QED) is 0.870. The van der Waals surface area contributed by atoms with Crippen LogP contribution >= 0.6 is 11.6 Å². The van der Waals surface area contributed by atoms with Crippen molar-refractivity contribution in [3.05, 3.63) is 40.0 Å². The lowest BCUT2D eigenvalue weighted by Gasteiger charge is -2.26. The molecule has 2 aromatic rings. The first-order chi connectivity index (χ1) is 9.08. The number of aromatic nitrogens is 1. The third kappa shape index (κ3) is 1.97. The van der Waals surface area contributed by atoms with Crippen LogP contribution in [0.4, 0.5) is 0 Å². The number of aromatic carboxylic acids is 1. The molecule has 3 rings (SSSR count). The fourth-order valence-corrected chi connectivity index (χ4v) is 2.82. The second kappa shape index (κ2) is 4.47. The third-order valence-corrected chi connectivity index (χ3v) is 3.83. The van der Waals surface area contributed by atoms with Crippen LogP contribution in [0.25, 0.3) is 10.9 Å². The van der Waals surface area contributed by atoms with Crippen molar-refractivity contribution in [2.75, 3.05) is 13.6 Å². The van der Waals surface area contributed by atoms with Crippen LogP contribution in [-0.2, 0) is 13.0 Å². The highest BCUT2D eigenvalue weighted by atomic mass is 35.5. The summed E-state index contributed by atoms with van der Waals surface area (Å²) < 4.78 is 0. The summed E-state index contributed by atoms with van der Waals surface area (Å²) in [5.41, 5.74) is 2.60. The Morgan fingerprint density at radius 2 is 2.26 bits per heavy atom. The number of carboxylic acid groups (broad SMARTS) is 1. The Kier molecular flexibility index (Phi) is 2.92. The van der Waals surface area contributed by atoms with Crippen LogP contribution in [0.2, 0.25) is 5.02 Å². The Balaban J connectivity index is 2.40. The molecular formula is C14H13ClN2O2. The lowest BCUT2D eigenvalue weighted by atomic mass is 9.96. The van der Waals surface area contributed by atoms with Crippen molar-refractivity contribution in [3.63, 3.8) is 0 Å². The topological polar surface area (TPSA) is 53.4 Å². The van der Waals surface area contributed by atoms with Crippen LogP contribution in [0.5, 0.6) is 0 Å². The molecule has 2 heterocycles. The van der Waals surface area contributed by atoms with E-state index in [4.69, 9.17) is 11.6 Å². The van der Waals surface area contributed by atoms with Gasteiger partial charge in [0.1, 0.15) is 0 Å². The monoisotopic (exact) mass is 276 g/mol. The summed E-state index contributed by atoms with van der Waals surface area (Å²) in [6.45, 7) is 1.50. The maximum Gasteiger partial charge on any atom is 0.336 e. The summed E-state index contributed by atoms with van der Waals surface area (Å²) in [6.07, 6.45) is 0.757. The van der Waals surface area contributed by atoms with Gasteiger partial charge >= 0.3 is 5.97 Å². The van der Waals surface area contributed by atoms with Gasteiger partial charge in [0.25, 0.3) is 0 Å². The van der Waals surface area contributed by atoms with Crippen LogP contribution in [0.3, 0.4) is 0 Å². The molecule has 1 N–H and O–H groups in total. The van der Waals surface area contributed by atoms with Crippen LogP contribution in [0, 0.1) is 0 Å². The second-order valence-corrected chi connectivity index (χ2v) is 5.25. The molecule has 0 spiro atoms. The number of hydrogen-bond acceptors (Lipinski definition) is 3. The van der Waals surface area contributed by atoms with E-state index in [9.17, 15) is 9.90 Å². The zero-order chi connectivity index (χ0) is 13.6. The number of para-hydroxylation sites is 1. The van der Waals surface area contributed by atoms with Crippen molar-refractivity contribution in [1.82, 2.24) is 9.88 Å². The van der Waals surface area contributed by atoms with Gasteiger partial charge in [-0.3, -0.25) is 4.98 Å². The summed E-state index contributed by atoms with van der Waals surface area (Å²) in [5, 5.41) is 10.6. The molecule has 0 saturated heterocycles. The van der Waals surface area contributed by atoms with Crippen molar-refractivity contribution in [2.24, 2.45) is 0 Å². The number of carbonyl (C=O) groups is 1. The van der Waals surface area contributed by atoms with Gasteiger partial charge in [-0.1, -0.05) is 23.7 Å². The van der Waals surface area contributed by atoms with E-state index >= 15 is 0 Å². The average Bonchev–Trinajstić information content (AvgIpc) is 2.36. The molecule has 1 aromatic heterocycles. The van der Waals surface area contributed by atoms with E-state index in [-0.39, 0.29) is 0 Å². The van der Waals surface area contributed by atoms with Gasteiger partial charge in [-0.15, -0.1) is 0 Å². The predicted octanol–water partition coefficient (Wildman–Crippen LogP) is 2.57. The number of benzene rings is 1. The molecule has 4 nitrogen and oxygen atoms in total. The molecule has 1 aliphatic rings. The largest absolute Gasteiger partial charge is 0.478 e. The minimum Gasteiger partial charge on any atom is -0.478 e. The predicted molar refractivity (Wildman–Crippen MR) is 73.8 cm³/mol. The molecule has 0 fully saturated rings. The van der Waals surface area contributed by atoms with E-state index in [1.54, 1.807) is 18.2 Å². The van der Waals surface area contributed by atoms with Gasteiger partial charge in [-0.2, -0.15) is 0 Å². The van der Waals surface area contributed by atoms with Crippen LogP contribution < -0.4 is 0 Å². The fraction of sp³-hybridized carbons (Fsp3) is 0.286. The Morgan fingerprint density at radius 3 is 3.00 bits per heavy atom. The summed E-state index contributed by atoms with van der Waals surface area (Å²) in [6, 6.07) is 5.27. The molecule has 5 heteroatoms. The number of hydrogen-bond donors (Lipinski definition) is 1. The Bertz CT molecular complexity index is 685. The first-order valence-corrected chi connectivity index (χ1v) is 6.47. The molecule has 19 heavy (non-hydrogen) atoms. The number of rotatable bonds is 1. The number of fused-ring (bicyclic) bond motifs is 2. The molecule has 0 aliphatic carbocycles. The zero-order valence-corrected chi connectivity index (χ0v) is 11.2. The van der Waals surface area contributed by atoms with Crippen LogP contribution in [-0.4, -0.2) is 34.6 Å². The highest BCUT2D eigenvalue weighted by Crippen LogP contribution is 2.31. The van der Waals surface area contributed by atoms with Crippen molar-refractivity contribution in [1.29, 1.82) is 0 Å². The van der Waals surface area contributed by atoms with E-state index in [1.807, 2.05) is 7.05 Å². The first-order valence-electron chi connectivity index (χ1n) is 6.09. The number of pyridine rings is 1. The van der Waals surface area contributed by atoms with Crippen molar-refractivity contribution < 1.29 is 9.90 Å². The SMILES string of the molecule is CN1CCc2nc3c(Cl)cccc3c(C(=O)O)c2C1. The molecule has 0 unspecified atom stereocenters. The summed E-state index contributed by atoms with van der Waals surface area (Å²) in [7, 11) is 1.98. The molecule has 0 bridgehead atoms. The molecule has 0 amide bonds. The smallest absolute Gasteiger partial charge is 0.336 e. The average molecular weight is 277 g/mol. The molecule has 1 aromatic carbocycles. The van der Waals surface area contributed by atoms with Crippen LogP contribution in [0.1, 0.15) is 21.6 Å². The van der Waals surface area contributed by atoms with Gasteiger partial charge in [0.15, 0.2) is 0 Å². The first kappa shape index (κ1) is 12.4. The summed E-state index contributed by atoms with van der Waals surface area (Å²) >= 11 is 6.14. The van der Waals surface area contributed by atoms with Gasteiger partial charge < -0.3 is 10.0 Å². The van der Waals surface area contributed by atoms with E-state index < -0.39 is 5.97 Å². The molecule has 0 radical (unpaired) electrons. The maximum absolute atomic E-state index is 11.6. The molecule has 0 atom stereocenters. The molecular weight excluding hydrogens is 264 g/mol. The van der Waals surface area contributed by atoms with E-state index in [2.05, 4.69) is 9.88 Å². The zero-order valence-electron chi connectivity index (χ0n) is 10.5. The third-order valence-electron chi connectivity index (χ3n) is 3.53. The van der Waals surface area contributed by atoms with E-state index in [0.29, 0.717) is 28.0 Å².